The van der Waals surface area contributed by atoms with Gasteiger partial charge in [-0.3, -0.25) is 0 Å². The van der Waals surface area contributed by atoms with Crippen molar-refractivity contribution in [2.24, 2.45) is 11.8 Å². The summed E-state index contributed by atoms with van der Waals surface area (Å²) in [5.41, 5.74) is 2.80. The average Bonchev–Trinajstić information content (AvgIpc) is 2.66. The first-order valence-electron chi connectivity index (χ1n) is 7.49. The third-order valence-electron chi connectivity index (χ3n) is 4.66. The van der Waals surface area contributed by atoms with Crippen LogP contribution in [0.15, 0.2) is 0 Å². The van der Waals surface area contributed by atoms with Gasteiger partial charge in [-0.2, -0.15) is 0 Å². The fourth-order valence-electron chi connectivity index (χ4n) is 3.73. The standard InChI is InChI=1S/C15H25N3/c1-11-4-3-5-13(8-11)10-18-12(2)17-14-9-16-7-6-15(14)18/h11,13,16H,3-10H2,1-2H3. The zero-order valence-electron chi connectivity index (χ0n) is 11.7. The van der Waals surface area contributed by atoms with Crippen molar-refractivity contribution in [3.8, 4) is 0 Å². The highest BCUT2D eigenvalue weighted by Crippen LogP contribution is 2.30. The van der Waals surface area contributed by atoms with E-state index in [1.165, 1.54) is 49.4 Å². The highest BCUT2D eigenvalue weighted by atomic mass is 15.1. The first-order chi connectivity index (χ1) is 8.74. The number of imidazole rings is 1. The van der Waals surface area contributed by atoms with Crippen LogP contribution in [0.2, 0.25) is 0 Å². The summed E-state index contributed by atoms with van der Waals surface area (Å²) in [5.74, 6) is 3.02. The van der Waals surface area contributed by atoms with Gasteiger partial charge in [0.1, 0.15) is 5.82 Å². The Hall–Kier alpha value is -0.830. The van der Waals surface area contributed by atoms with E-state index in [2.05, 4.69) is 23.7 Å². The minimum atomic E-state index is 0.876. The Morgan fingerprint density at radius 1 is 1.39 bits per heavy atom. The summed E-state index contributed by atoms with van der Waals surface area (Å²) in [6.45, 7) is 7.86. The van der Waals surface area contributed by atoms with Crippen LogP contribution in [0.5, 0.6) is 0 Å². The molecule has 2 unspecified atom stereocenters. The third kappa shape index (κ3) is 2.33. The lowest BCUT2D eigenvalue weighted by atomic mass is 9.82. The molecule has 1 fully saturated rings. The average molecular weight is 247 g/mol. The molecule has 0 aromatic carbocycles. The molecule has 1 aliphatic heterocycles. The van der Waals surface area contributed by atoms with E-state index in [9.17, 15) is 0 Å². The molecule has 0 spiro atoms. The normalized spacial score (nSPS) is 28.1. The van der Waals surface area contributed by atoms with Gasteiger partial charge < -0.3 is 9.88 Å². The molecule has 0 amide bonds. The Balaban J connectivity index is 1.77. The van der Waals surface area contributed by atoms with E-state index in [0.29, 0.717) is 0 Å². The van der Waals surface area contributed by atoms with Crippen molar-refractivity contribution in [3.05, 3.63) is 17.2 Å². The second-order valence-electron chi connectivity index (χ2n) is 6.23. The summed E-state index contributed by atoms with van der Waals surface area (Å²) >= 11 is 0. The molecule has 100 valence electrons. The summed E-state index contributed by atoms with van der Waals surface area (Å²) in [6, 6.07) is 0. The molecule has 1 aliphatic carbocycles. The summed E-state index contributed by atoms with van der Waals surface area (Å²) in [4.78, 5) is 4.74. The van der Waals surface area contributed by atoms with Crippen molar-refractivity contribution >= 4 is 0 Å². The van der Waals surface area contributed by atoms with Gasteiger partial charge in [0.05, 0.1) is 5.69 Å². The molecule has 1 N–H and O–H groups in total. The highest BCUT2D eigenvalue weighted by molar-refractivity contribution is 5.19. The SMILES string of the molecule is Cc1nc2c(n1CC1CCCC(C)C1)CCNC2. The van der Waals surface area contributed by atoms with Gasteiger partial charge >= 0.3 is 0 Å². The topological polar surface area (TPSA) is 29.9 Å². The van der Waals surface area contributed by atoms with Crippen LogP contribution in [-0.4, -0.2) is 16.1 Å². The lowest BCUT2D eigenvalue weighted by Crippen LogP contribution is -2.26. The minimum Gasteiger partial charge on any atom is -0.332 e. The number of aromatic nitrogens is 2. The molecule has 2 aliphatic rings. The van der Waals surface area contributed by atoms with Crippen LogP contribution >= 0.6 is 0 Å². The first-order valence-corrected chi connectivity index (χ1v) is 7.49. The van der Waals surface area contributed by atoms with Crippen molar-refractivity contribution in [1.82, 2.24) is 14.9 Å². The second-order valence-corrected chi connectivity index (χ2v) is 6.23. The molecule has 2 heterocycles. The molecule has 0 radical (unpaired) electrons. The van der Waals surface area contributed by atoms with Gasteiger partial charge in [0, 0.05) is 31.7 Å². The smallest absolute Gasteiger partial charge is 0.106 e. The van der Waals surface area contributed by atoms with E-state index in [4.69, 9.17) is 4.98 Å². The van der Waals surface area contributed by atoms with Crippen LogP contribution in [0, 0.1) is 18.8 Å². The molecule has 3 heteroatoms. The van der Waals surface area contributed by atoms with E-state index in [-0.39, 0.29) is 0 Å². The molecule has 0 bridgehead atoms. The van der Waals surface area contributed by atoms with Gasteiger partial charge in [0.25, 0.3) is 0 Å². The Kier molecular flexibility index (Phi) is 3.42. The number of hydrogen-bond donors (Lipinski definition) is 1. The number of nitrogens with zero attached hydrogens (tertiary/aromatic N) is 2. The molecule has 18 heavy (non-hydrogen) atoms. The van der Waals surface area contributed by atoms with E-state index in [0.717, 1.165) is 31.3 Å². The number of hydrogen-bond acceptors (Lipinski definition) is 2. The largest absolute Gasteiger partial charge is 0.332 e. The lowest BCUT2D eigenvalue weighted by Gasteiger charge is -2.28. The van der Waals surface area contributed by atoms with Crippen LogP contribution in [0.3, 0.4) is 0 Å². The molecule has 3 rings (SSSR count). The second kappa shape index (κ2) is 5.04. The molecule has 1 aromatic rings. The lowest BCUT2D eigenvalue weighted by molar-refractivity contribution is 0.253. The van der Waals surface area contributed by atoms with E-state index < -0.39 is 0 Å². The fraction of sp³-hybridized carbons (Fsp3) is 0.800. The van der Waals surface area contributed by atoms with Gasteiger partial charge in [-0.05, 0) is 31.6 Å². The monoisotopic (exact) mass is 247 g/mol. The first kappa shape index (κ1) is 12.2. The molecule has 1 saturated carbocycles. The summed E-state index contributed by atoms with van der Waals surface area (Å²) in [6.07, 6.45) is 6.82. The van der Waals surface area contributed by atoms with Crippen LogP contribution < -0.4 is 5.32 Å². The zero-order chi connectivity index (χ0) is 12.5. The summed E-state index contributed by atoms with van der Waals surface area (Å²) in [5, 5.41) is 3.42. The Morgan fingerprint density at radius 2 is 2.28 bits per heavy atom. The summed E-state index contributed by atoms with van der Waals surface area (Å²) < 4.78 is 2.51. The van der Waals surface area contributed by atoms with E-state index >= 15 is 0 Å². The third-order valence-corrected chi connectivity index (χ3v) is 4.66. The molecule has 3 nitrogen and oxygen atoms in total. The number of aryl methyl sites for hydroxylation is 1. The van der Waals surface area contributed by atoms with Gasteiger partial charge in [0.15, 0.2) is 0 Å². The maximum absolute atomic E-state index is 4.74. The van der Waals surface area contributed by atoms with Gasteiger partial charge in [0.2, 0.25) is 0 Å². The highest BCUT2D eigenvalue weighted by Gasteiger charge is 2.23. The minimum absolute atomic E-state index is 0.876. The summed E-state index contributed by atoms with van der Waals surface area (Å²) in [7, 11) is 0. The molecular formula is C15H25N3. The van der Waals surface area contributed by atoms with Crippen LogP contribution in [0.25, 0.3) is 0 Å². The quantitative estimate of drug-likeness (QED) is 0.870. The van der Waals surface area contributed by atoms with Crippen molar-refractivity contribution in [3.63, 3.8) is 0 Å². The van der Waals surface area contributed by atoms with Crippen molar-refractivity contribution < 1.29 is 0 Å². The Labute approximate surface area is 110 Å². The van der Waals surface area contributed by atoms with E-state index in [1.54, 1.807) is 0 Å². The van der Waals surface area contributed by atoms with Gasteiger partial charge in [-0.1, -0.05) is 19.8 Å². The Morgan fingerprint density at radius 3 is 3.11 bits per heavy atom. The van der Waals surface area contributed by atoms with Crippen LogP contribution in [-0.2, 0) is 19.5 Å². The molecule has 1 aromatic heterocycles. The zero-order valence-corrected chi connectivity index (χ0v) is 11.7. The molecule has 2 atom stereocenters. The predicted molar refractivity (Wildman–Crippen MR) is 73.5 cm³/mol. The van der Waals surface area contributed by atoms with E-state index in [1.807, 2.05) is 0 Å². The number of rotatable bonds is 2. The van der Waals surface area contributed by atoms with Gasteiger partial charge in [-0.15, -0.1) is 0 Å². The number of nitrogens with one attached hydrogen (secondary N) is 1. The van der Waals surface area contributed by atoms with Crippen LogP contribution in [0.4, 0.5) is 0 Å². The number of fused-ring (bicyclic) bond motifs is 1. The molecular weight excluding hydrogens is 222 g/mol. The Bertz CT molecular complexity index is 422. The van der Waals surface area contributed by atoms with Crippen molar-refractivity contribution in [2.45, 2.75) is 59.0 Å². The van der Waals surface area contributed by atoms with Gasteiger partial charge in [-0.25, -0.2) is 4.98 Å². The predicted octanol–water partition coefficient (Wildman–Crippen LogP) is 2.66. The van der Waals surface area contributed by atoms with Crippen LogP contribution in [0.1, 0.15) is 49.8 Å². The maximum Gasteiger partial charge on any atom is 0.106 e. The molecule has 0 saturated heterocycles. The van der Waals surface area contributed by atoms with Crippen molar-refractivity contribution in [1.29, 1.82) is 0 Å². The maximum atomic E-state index is 4.74. The fourth-order valence-corrected chi connectivity index (χ4v) is 3.73. The van der Waals surface area contributed by atoms with Crippen molar-refractivity contribution in [2.75, 3.05) is 6.54 Å².